The Morgan fingerprint density at radius 2 is 1.48 bits per heavy atom. The van der Waals surface area contributed by atoms with Crippen molar-refractivity contribution >= 4 is 17.3 Å². The minimum atomic E-state index is -0.762. The van der Waals surface area contributed by atoms with Crippen LogP contribution in [0.5, 0.6) is 0 Å². The van der Waals surface area contributed by atoms with Crippen LogP contribution >= 0.6 is 0 Å². The molecule has 4 heteroatoms. The van der Waals surface area contributed by atoms with Crippen LogP contribution in [0.1, 0.15) is 79.6 Å². The fraction of sp³-hybridized carbons (Fsp3) is 0.762. The molecule has 0 heterocycles. The summed E-state index contributed by atoms with van der Waals surface area (Å²) in [5, 5.41) is 10.6. The van der Waals surface area contributed by atoms with Gasteiger partial charge in [0.15, 0.2) is 5.78 Å². The summed E-state index contributed by atoms with van der Waals surface area (Å²) in [7, 11) is 0. The van der Waals surface area contributed by atoms with E-state index in [1.807, 2.05) is 34.6 Å². The summed E-state index contributed by atoms with van der Waals surface area (Å²) in [5.74, 6) is -1.37. The predicted molar refractivity (Wildman–Crippen MR) is 97.2 cm³/mol. The Bertz CT molecular complexity index is 589. The number of unbranched alkanes of at least 4 members (excludes halogenated alkanes) is 1. The van der Waals surface area contributed by atoms with Crippen molar-refractivity contribution in [3.63, 3.8) is 0 Å². The quantitative estimate of drug-likeness (QED) is 0.739. The lowest BCUT2D eigenvalue weighted by molar-refractivity contribution is -0.141. The molecular weight excluding hydrogens is 316 g/mol. The van der Waals surface area contributed by atoms with E-state index in [0.717, 1.165) is 12.8 Å². The smallest absolute Gasteiger partial charge is 0.163 e. The highest BCUT2D eigenvalue weighted by Crippen LogP contribution is 2.45. The van der Waals surface area contributed by atoms with Gasteiger partial charge in [-0.25, -0.2) is 0 Å². The minimum absolute atomic E-state index is 0.0692. The van der Waals surface area contributed by atoms with Gasteiger partial charge in [-0.15, -0.1) is 0 Å². The zero-order chi connectivity index (χ0) is 19.0. The van der Waals surface area contributed by atoms with Crippen LogP contribution in [0, 0.1) is 22.7 Å². The van der Waals surface area contributed by atoms with Crippen LogP contribution < -0.4 is 0 Å². The summed E-state index contributed by atoms with van der Waals surface area (Å²) in [5.41, 5.74) is -0.225. The molecule has 140 valence electrons. The molecule has 2 aliphatic rings. The van der Waals surface area contributed by atoms with E-state index in [1.54, 1.807) is 0 Å². The number of aliphatic hydroxyl groups excluding tert-OH is 1. The third kappa shape index (κ3) is 4.39. The molecule has 4 nitrogen and oxygen atoms in total. The van der Waals surface area contributed by atoms with Crippen LogP contribution in [-0.4, -0.2) is 22.5 Å². The van der Waals surface area contributed by atoms with Crippen molar-refractivity contribution in [1.82, 2.24) is 0 Å². The first-order chi connectivity index (χ1) is 11.5. The molecule has 25 heavy (non-hydrogen) atoms. The monoisotopic (exact) mass is 348 g/mol. The van der Waals surface area contributed by atoms with Crippen molar-refractivity contribution in [2.45, 2.75) is 79.6 Å². The van der Waals surface area contributed by atoms with Gasteiger partial charge in [-0.05, 0) is 17.3 Å². The van der Waals surface area contributed by atoms with Crippen LogP contribution in [0.2, 0.25) is 0 Å². The van der Waals surface area contributed by atoms with E-state index in [0.29, 0.717) is 37.7 Å². The lowest BCUT2D eigenvalue weighted by Crippen LogP contribution is -2.44. The van der Waals surface area contributed by atoms with E-state index < -0.39 is 11.8 Å². The van der Waals surface area contributed by atoms with Crippen molar-refractivity contribution in [3.05, 3.63) is 11.3 Å². The van der Waals surface area contributed by atoms with E-state index in [1.165, 1.54) is 0 Å². The van der Waals surface area contributed by atoms with Crippen molar-refractivity contribution in [2.24, 2.45) is 22.7 Å². The van der Waals surface area contributed by atoms with Crippen molar-refractivity contribution < 1.29 is 19.5 Å². The maximum Gasteiger partial charge on any atom is 0.163 e. The highest BCUT2D eigenvalue weighted by atomic mass is 16.3. The van der Waals surface area contributed by atoms with Gasteiger partial charge >= 0.3 is 0 Å². The van der Waals surface area contributed by atoms with Gasteiger partial charge in [-0.2, -0.15) is 0 Å². The van der Waals surface area contributed by atoms with Crippen LogP contribution in [-0.2, 0) is 14.4 Å². The Morgan fingerprint density at radius 3 is 1.96 bits per heavy atom. The van der Waals surface area contributed by atoms with Crippen molar-refractivity contribution in [2.75, 3.05) is 0 Å². The van der Waals surface area contributed by atoms with Crippen LogP contribution in [0.15, 0.2) is 11.3 Å². The maximum atomic E-state index is 12.8. The van der Waals surface area contributed by atoms with E-state index in [4.69, 9.17) is 0 Å². The standard InChI is InChI=1S/C21H32O4/c1-6-7-8-13(18-14(22)9-20(2,3)10-15(18)23)19-16(24)11-21(4,5)12-17(19)25/h13,18,24H,6-12H2,1-5H3. The van der Waals surface area contributed by atoms with Gasteiger partial charge in [0.25, 0.3) is 0 Å². The Labute approximate surface area is 151 Å². The number of ketones is 3. The molecule has 0 bridgehead atoms. The van der Waals surface area contributed by atoms with Crippen LogP contribution in [0.4, 0.5) is 0 Å². The molecule has 0 aromatic heterocycles. The van der Waals surface area contributed by atoms with Crippen molar-refractivity contribution in [1.29, 1.82) is 0 Å². The number of aliphatic hydroxyl groups is 1. The number of hydrogen-bond acceptors (Lipinski definition) is 4. The molecule has 0 aromatic rings. The first-order valence-corrected chi connectivity index (χ1v) is 9.48. The average molecular weight is 348 g/mol. The molecule has 1 fully saturated rings. The van der Waals surface area contributed by atoms with Gasteiger partial charge in [-0.1, -0.05) is 47.5 Å². The van der Waals surface area contributed by atoms with E-state index in [-0.39, 0.29) is 33.9 Å². The second-order valence-corrected chi connectivity index (χ2v) is 9.48. The molecule has 1 atom stereocenters. The van der Waals surface area contributed by atoms with Crippen LogP contribution in [0.25, 0.3) is 0 Å². The Hall–Kier alpha value is -1.45. The summed E-state index contributed by atoms with van der Waals surface area (Å²) in [6, 6.07) is 0. The number of Topliss-reactive ketones (excluding diaryl/α,β-unsaturated/α-hetero) is 3. The largest absolute Gasteiger partial charge is 0.512 e. The molecule has 0 amide bonds. The second-order valence-electron chi connectivity index (χ2n) is 9.48. The molecule has 0 radical (unpaired) electrons. The van der Waals surface area contributed by atoms with E-state index >= 15 is 0 Å². The molecule has 0 aromatic carbocycles. The second kappa shape index (κ2) is 7.05. The van der Waals surface area contributed by atoms with Gasteiger partial charge < -0.3 is 5.11 Å². The Morgan fingerprint density at radius 1 is 0.960 bits per heavy atom. The first-order valence-electron chi connectivity index (χ1n) is 9.48. The molecule has 0 saturated heterocycles. The van der Waals surface area contributed by atoms with Gasteiger partial charge in [0, 0.05) is 37.2 Å². The third-order valence-corrected chi connectivity index (χ3v) is 5.54. The summed E-state index contributed by atoms with van der Waals surface area (Å²) in [6.07, 6.45) is 3.86. The summed E-state index contributed by atoms with van der Waals surface area (Å²) < 4.78 is 0. The predicted octanol–water partition coefficient (Wildman–Crippen LogP) is 4.57. The highest BCUT2D eigenvalue weighted by molar-refractivity contribution is 6.08. The first kappa shape index (κ1) is 19.9. The number of hydrogen-bond donors (Lipinski definition) is 1. The Balaban J connectivity index is 2.41. The lowest BCUT2D eigenvalue weighted by atomic mass is 9.63. The summed E-state index contributed by atoms with van der Waals surface area (Å²) in [6.45, 7) is 9.83. The molecule has 0 aliphatic heterocycles. The summed E-state index contributed by atoms with van der Waals surface area (Å²) in [4.78, 5) is 38.3. The number of carbonyl (C=O) groups is 3. The van der Waals surface area contributed by atoms with Crippen LogP contribution in [0.3, 0.4) is 0 Å². The molecule has 1 unspecified atom stereocenters. The zero-order valence-electron chi connectivity index (χ0n) is 16.3. The zero-order valence-corrected chi connectivity index (χ0v) is 16.3. The highest BCUT2D eigenvalue weighted by Gasteiger charge is 2.47. The molecule has 1 saturated carbocycles. The van der Waals surface area contributed by atoms with Gasteiger partial charge in [0.1, 0.15) is 11.6 Å². The average Bonchev–Trinajstić information content (AvgIpc) is 2.39. The third-order valence-electron chi connectivity index (χ3n) is 5.54. The topological polar surface area (TPSA) is 71.4 Å². The number of carbonyl (C=O) groups excluding carboxylic acids is 3. The molecule has 2 rings (SSSR count). The minimum Gasteiger partial charge on any atom is -0.512 e. The number of allylic oxidation sites excluding steroid dienone is 2. The van der Waals surface area contributed by atoms with Gasteiger partial charge in [-0.3, -0.25) is 14.4 Å². The fourth-order valence-corrected chi connectivity index (χ4v) is 4.48. The van der Waals surface area contributed by atoms with E-state index in [9.17, 15) is 19.5 Å². The van der Waals surface area contributed by atoms with Gasteiger partial charge in [0.2, 0.25) is 0 Å². The molecular formula is C21H32O4. The van der Waals surface area contributed by atoms with E-state index in [2.05, 4.69) is 0 Å². The Kier molecular flexibility index (Phi) is 5.60. The molecule has 2 aliphatic carbocycles. The summed E-state index contributed by atoms with van der Waals surface area (Å²) >= 11 is 0. The van der Waals surface area contributed by atoms with Crippen molar-refractivity contribution in [3.8, 4) is 0 Å². The number of rotatable bonds is 5. The SMILES string of the molecule is CCCCC(C1=C(O)CC(C)(C)CC1=O)C1C(=O)CC(C)(C)CC1=O. The molecule has 0 spiro atoms. The lowest BCUT2D eigenvalue weighted by Gasteiger charge is -2.38. The fourth-order valence-electron chi connectivity index (χ4n) is 4.48. The van der Waals surface area contributed by atoms with Gasteiger partial charge in [0.05, 0.1) is 11.7 Å². The molecule has 1 N–H and O–H groups in total. The maximum absolute atomic E-state index is 12.8. The normalized spacial score (nSPS) is 25.4.